The van der Waals surface area contributed by atoms with Crippen molar-refractivity contribution in [1.29, 1.82) is 0 Å². The van der Waals surface area contributed by atoms with Crippen LogP contribution in [-0.4, -0.2) is 24.1 Å². The third-order valence-electron chi connectivity index (χ3n) is 2.19. The summed E-state index contributed by atoms with van der Waals surface area (Å²) in [6, 6.07) is 5.41. The molecule has 0 radical (unpaired) electrons. The van der Waals surface area contributed by atoms with E-state index in [-0.39, 0.29) is 12.2 Å². The molecule has 0 amide bonds. The molecular weight excluding hydrogens is 298 g/mol. The van der Waals surface area contributed by atoms with Gasteiger partial charge in [-0.1, -0.05) is 28.1 Å². The molecule has 1 unspecified atom stereocenters. The van der Waals surface area contributed by atoms with Crippen molar-refractivity contribution in [2.75, 3.05) is 6.61 Å². The fourth-order valence-corrected chi connectivity index (χ4v) is 1.54. The van der Waals surface area contributed by atoms with Gasteiger partial charge in [0.15, 0.2) is 0 Å². The van der Waals surface area contributed by atoms with Crippen molar-refractivity contribution < 1.29 is 23.4 Å². The van der Waals surface area contributed by atoms with Gasteiger partial charge in [0, 0.05) is 10.0 Å². The Morgan fingerprint density at radius 2 is 2.00 bits per heavy atom. The van der Waals surface area contributed by atoms with Crippen molar-refractivity contribution in [2.24, 2.45) is 0 Å². The number of rotatable bonds is 4. The van der Waals surface area contributed by atoms with Crippen LogP contribution in [0, 0.1) is 0 Å². The first-order valence-corrected chi connectivity index (χ1v) is 5.66. The van der Waals surface area contributed by atoms with Crippen LogP contribution in [-0.2, 0) is 15.1 Å². The van der Waals surface area contributed by atoms with Crippen molar-refractivity contribution in [2.45, 2.75) is 19.0 Å². The van der Waals surface area contributed by atoms with Gasteiger partial charge in [-0.3, -0.25) is 0 Å². The Labute approximate surface area is 106 Å². The van der Waals surface area contributed by atoms with Crippen LogP contribution in [0.3, 0.4) is 0 Å². The molecule has 1 aromatic carbocycles. The van der Waals surface area contributed by atoms with E-state index in [4.69, 9.17) is 0 Å². The summed E-state index contributed by atoms with van der Waals surface area (Å²) in [5.41, 5.74) is -3.12. The van der Waals surface area contributed by atoms with E-state index in [9.17, 15) is 18.7 Å². The van der Waals surface area contributed by atoms with E-state index >= 15 is 0 Å². The van der Waals surface area contributed by atoms with Crippen LogP contribution in [0.5, 0.6) is 0 Å². The number of carbonyl (C=O) groups is 1. The molecule has 3 nitrogen and oxygen atoms in total. The summed E-state index contributed by atoms with van der Waals surface area (Å²) in [6.07, 6.45) is -3.26. The summed E-state index contributed by atoms with van der Waals surface area (Å²) in [4.78, 5) is 11.4. The van der Waals surface area contributed by atoms with E-state index < -0.39 is 18.0 Å². The fraction of sp³-hybridized carbons (Fsp3) is 0.364. The van der Waals surface area contributed by atoms with Crippen LogP contribution in [0.4, 0.5) is 8.78 Å². The topological polar surface area (TPSA) is 46.5 Å². The zero-order valence-electron chi connectivity index (χ0n) is 8.99. The second kappa shape index (κ2) is 5.55. The lowest BCUT2D eigenvalue weighted by atomic mass is 9.94. The molecule has 0 aliphatic rings. The minimum atomic E-state index is -3.26. The molecule has 0 aromatic heterocycles. The summed E-state index contributed by atoms with van der Waals surface area (Å²) < 4.78 is 30.9. The van der Waals surface area contributed by atoms with Gasteiger partial charge in [0.2, 0.25) is 5.60 Å². The number of benzene rings is 1. The molecular formula is C11H11BrF2O3. The van der Waals surface area contributed by atoms with Crippen LogP contribution in [0.15, 0.2) is 28.7 Å². The molecule has 0 aliphatic heterocycles. The lowest BCUT2D eigenvalue weighted by Gasteiger charge is -2.25. The van der Waals surface area contributed by atoms with Crippen molar-refractivity contribution >= 4 is 21.9 Å². The van der Waals surface area contributed by atoms with Gasteiger partial charge in [-0.05, 0) is 19.1 Å². The van der Waals surface area contributed by atoms with Crippen LogP contribution in [0.2, 0.25) is 0 Å². The van der Waals surface area contributed by atoms with Crippen LogP contribution < -0.4 is 0 Å². The van der Waals surface area contributed by atoms with Crippen molar-refractivity contribution in [1.82, 2.24) is 0 Å². The van der Waals surface area contributed by atoms with E-state index in [0.29, 0.717) is 4.47 Å². The molecule has 0 saturated carbocycles. The SMILES string of the molecule is CCOC(=O)C(O)(c1ccc(Br)cc1)C(F)F. The maximum absolute atomic E-state index is 12.9. The van der Waals surface area contributed by atoms with Crippen LogP contribution in [0.25, 0.3) is 0 Å². The molecule has 6 heteroatoms. The number of hydrogen-bond donors (Lipinski definition) is 1. The fourth-order valence-electron chi connectivity index (χ4n) is 1.28. The Bertz CT molecular complexity index is 394. The van der Waals surface area contributed by atoms with Crippen molar-refractivity contribution in [3.63, 3.8) is 0 Å². The quantitative estimate of drug-likeness (QED) is 0.869. The van der Waals surface area contributed by atoms with Gasteiger partial charge in [0.1, 0.15) is 0 Å². The van der Waals surface area contributed by atoms with Gasteiger partial charge in [-0.2, -0.15) is 0 Å². The highest BCUT2D eigenvalue weighted by atomic mass is 79.9. The highest BCUT2D eigenvalue weighted by Gasteiger charge is 2.48. The predicted molar refractivity (Wildman–Crippen MR) is 60.7 cm³/mol. The molecule has 0 saturated heterocycles. The third kappa shape index (κ3) is 2.81. The molecule has 1 N–H and O–H groups in total. The number of alkyl halides is 2. The van der Waals surface area contributed by atoms with Gasteiger partial charge in [0.05, 0.1) is 6.61 Å². The van der Waals surface area contributed by atoms with Gasteiger partial charge < -0.3 is 9.84 Å². The Hall–Kier alpha value is -1.01. The summed E-state index contributed by atoms with van der Waals surface area (Å²) in [7, 11) is 0. The Balaban J connectivity index is 3.16. The number of carbonyl (C=O) groups excluding carboxylic acids is 1. The summed E-state index contributed by atoms with van der Waals surface area (Å²) >= 11 is 3.13. The molecule has 1 atom stereocenters. The molecule has 0 bridgehead atoms. The molecule has 1 aromatic rings. The monoisotopic (exact) mass is 308 g/mol. The maximum Gasteiger partial charge on any atom is 0.349 e. The number of halogens is 3. The summed E-state index contributed by atoms with van der Waals surface area (Å²) in [6.45, 7) is 1.40. The van der Waals surface area contributed by atoms with Crippen LogP contribution in [0.1, 0.15) is 12.5 Å². The second-order valence-corrected chi connectivity index (χ2v) is 4.21. The Morgan fingerprint density at radius 1 is 1.47 bits per heavy atom. The maximum atomic E-state index is 12.9. The van der Waals surface area contributed by atoms with Crippen molar-refractivity contribution in [3.8, 4) is 0 Å². The van der Waals surface area contributed by atoms with Gasteiger partial charge in [-0.25, -0.2) is 13.6 Å². The summed E-state index contributed by atoms with van der Waals surface area (Å²) in [5, 5.41) is 9.81. The zero-order chi connectivity index (χ0) is 13.1. The molecule has 0 spiro atoms. The van der Waals surface area contributed by atoms with Gasteiger partial charge >= 0.3 is 5.97 Å². The third-order valence-corrected chi connectivity index (χ3v) is 2.72. The first kappa shape index (κ1) is 14.1. The highest BCUT2D eigenvalue weighted by Crippen LogP contribution is 2.30. The number of hydrogen-bond acceptors (Lipinski definition) is 3. The van der Waals surface area contributed by atoms with Crippen molar-refractivity contribution in [3.05, 3.63) is 34.3 Å². The van der Waals surface area contributed by atoms with Gasteiger partial charge in [-0.15, -0.1) is 0 Å². The number of aliphatic hydroxyl groups is 1. The van der Waals surface area contributed by atoms with E-state index in [1.165, 1.54) is 31.2 Å². The van der Waals surface area contributed by atoms with E-state index in [0.717, 1.165) is 0 Å². The molecule has 0 fully saturated rings. The molecule has 0 heterocycles. The first-order chi connectivity index (χ1) is 7.92. The number of ether oxygens (including phenoxy) is 1. The molecule has 0 aliphatic carbocycles. The molecule has 94 valence electrons. The lowest BCUT2D eigenvalue weighted by Crippen LogP contribution is -2.44. The molecule has 17 heavy (non-hydrogen) atoms. The van der Waals surface area contributed by atoms with E-state index in [2.05, 4.69) is 20.7 Å². The average molecular weight is 309 g/mol. The zero-order valence-corrected chi connectivity index (χ0v) is 10.6. The Morgan fingerprint density at radius 3 is 2.41 bits per heavy atom. The molecule has 1 rings (SSSR count). The largest absolute Gasteiger partial charge is 0.463 e. The standard InChI is InChI=1S/C11H11BrF2O3/c1-2-17-10(15)11(16,9(13)14)7-3-5-8(12)6-4-7/h3-6,9,16H,2H2,1H3. The van der Waals surface area contributed by atoms with Gasteiger partial charge in [0.25, 0.3) is 6.43 Å². The number of esters is 1. The van der Waals surface area contributed by atoms with E-state index in [1.807, 2.05) is 0 Å². The lowest BCUT2D eigenvalue weighted by molar-refractivity contribution is -0.185. The predicted octanol–water partition coefficient (Wildman–Crippen LogP) is 2.46. The highest BCUT2D eigenvalue weighted by molar-refractivity contribution is 9.10. The minimum absolute atomic E-state index is 0.0790. The summed E-state index contributed by atoms with van der Waals surface area (Å²) in [5.74, 6) is -1.35. The first-order valence-electron chi connectivity index (χ1n) is 4.86. The van der Waals surface area contributed by atoms with E-state index in [1.54, 1.807) is 0 Å². The Kier molecular flexibility index (Phi) is 4.59. The second-order valence-electron chi connectivity index (χ2n) is 3.29. The normalized spacial score (nSPS) is 14.5. The average Bonchev–Trinajstić information content (AvgIpc) is 2.29. The van der Waals surface area contributed by atoms with Crippen LogP contribution >= 0.6 is 15.9 Å². The smallest absolute Gasteiger partial charge is 0.349 e. The minimum Gasteiger partial charge on any atom is -0.463 e.